The van der Waals surface area contributed by atoms with Crippen molar-refractivity contribution in [1.82, 2.24) is 4.90 Å². The van der Waals surface area contributed by atoms with Gasteiger partial charge in [-0.1, -0.05) is 25.0 Å². The normalized spacial score (nSPS) is 16.4. The molecule has 0 bridgehead atoms. The summed E-state index contributed by atoms with van der Waals surface area (Å²) in [4.78, 5) is 2.43. The maximum Gasteiger partial charge on any atom is 0.119 e. The maximum atomic E-state index is 5.75. The minimum absolute atomic E-state index is 0.588. The first-order valence-corrected chi connectivity index (χ1v) is 6.91. The van der Waals surface area contributed by atoms with Crippen molar-refractivity contribution in [3.8, 4) is 5.75 Å². The Balaban J connectivity index is 1.70. The van der Waals surface area contributed by atoms with E-state index in [1.807, 2.05) is 24.3 Å². The molecule has 1 aliphatic rings. The molecule has 1 saturated carbocycles. The van der Waals surface area contributed by atoms with Gasteiger partial charge < -0.3 is 15.4 Å². The van der Waals surface area contributed by atoms with Gasteiger partial charge in [0.15, 0.2) is 0 Å². The van der Waals surface area contributed by atoms with Gasteiger partial charge in [-0.2, -0.15) is 0 Å². The molecule has 0 atom stereocenters. The number of hydrogen-bond donors (Lipinski definition) is 1. The van der Waals surface area contributed by atoms with Crippen molar-refractivity contribution >= 4 is 0 Å². The third-order valence-electron chi connectivity index (χ3n) is 3.82. The lowest BCUT2D eigenvalue weighted by atomic mass is 10.2. The number of rotatable bonds is 6. The van der Waals surface area contributed by atoms with Crippen LogP contribution in [0.25, 0.3) is 0 Å². The molecule has 0 radical (unpaired) electrons. The monoisotopic (exact) mass is 248 g/mol. The van der Waals surface area contributed by atoms with E-state index in [-0.39, 0.29) is 0 Å². The molecule has 18 heavy (non-hydrogen) atoms. The van der Waals surface area contributed by atoms with Crippen LogP contribution in [0.1, 0.15) is 31.2 Å². The van der Waals surface area contributed by atoms with Crippen LogP contribution in [-0.2, 0) is 6.54 Å². The summed E-state index contributed by atoms with van der Waals surface area (Å²) in [5.41, 5.74) is 6.71. The maximum absolute atomic E-state index is 5.75. The van der Waals surface area contributed by atoms with Crippen LogP contribution in [0.15, 0.2) is 24.3 Å². The van der Waals surface area contributed by atoms with Crippen molar-refractivity contribution in [2.45, 2.75) is 38.3 Å². The SMILES string of the molecule is CN(CCOc1ccc(CN)cc1)C1CCCC1. The Morgan fingerprint density at radius 1 is 1.22 bits per heavy atom. The van der Waals surface area contributed by atoms with E-state index in [4.69, 9.17) is 10.5 Å². The Bertz CT molecular complexity index is 344. The molecule has 1 aliphatic carbocycles. The number of ether oxygens (including phenoxy) is 1. The highest BCUT2D eigenvalue weighted by Crippen LogP contribution is 2.22. The molecule has 1 aromatic rings. The Hall–Kier alpha value is -1.06. The molecule has 0 saturated heterocycles. The molecule has 2 N–H and O–H groups in total. The molecule has 0 amide bonds. The van der Waals surface area contributed by atoms with E-state index in [1.165, 1.54) is 25.7 Å². The number of hydrogen-bond acceptors (Lipinski definition) is 3. The number of nitrogens with zero attached hydrogens (tertiary/aromatic N) is 1. The van der Waals surface area contributed by atoms with E-state index >= 15 is 0 Å². The van der Waals surface area contributed by atoms with Crippen LogP contribution in [0.4, 0.5) is 0 Å². The fourth-order valence-electron chi connectivity index (χ4n) is 2.56. The fourth-order valence-corrected chi connectivity index (χ4v) is 2.56. The first-order chi connectivity index (χ1) is 8.79. The van der Waals surface area contributed by atoms with Crippen molar-refractivity contribution in [2.24, 2.45) is 5.73 Å². The van der Waals surface area contributed by atoms with Gasteiger partial charge in [-0.05, 0) is 37.6 Å². The van der Waals surface area contributed by atoms with Crippen molar-refractivity contribution in [2.75, 3.05) is 20.2 Å². The van der Waals surface area contributed by atoms with Gasteiger partial charge in [0, 0.05) is 19.1 Å². The van der Waals surface area contributed by atoms with Crippen LogP contribution in [0, 0.1) is 0 Å². The lowest BCUT2D eigenvalue weighted by Crippen LogP contribution is -2.32. The molecule has 0 heterocycles. The molecule has 1 fully saturated rings. The molecular formula is C15H24N2O. The second kappa shape index (κ2) is 6.76. The predicted octanol–water partition coefficient (Wildman–Crippen LogP) is 2.40. The third-order valence-corrected chi connectivity index (χ3v) is 3.82. The summed E-state index contributed by atoms with van der Waals surface area (Å²) >= 11 is 0. The molecule has 2 rings (SSSR count). The van der Waals surface area contributed by atoms with E-state index in [0.29, 0.717) is 6.54 Å². The number of nitrogens with two attached hydrogens (primary N) is 1. The molecular weight excluding hydrogens is 224 g/mol. The Morgan fingerprint density at radius 3 is 2.50 bits per heavy atom. The highest BCUT2D eigenvalue weighted by molar-refractivity contribution is 5.27. The van der Waals surface area contributed by atoms with Crippen LogP contribution < -0.4 is 10.5 Å². The molecule has 1 aromatic carbocycles. The molecule has 100 valence electrons. The van der Waals surface area contributed by atoms with Crippen LogP contribution >= 0.6 is 0 Å². The third kappa shape index (κ3) is 3.72. The zero-order valence-electron chi connectivity index (χ0n) is 11.3. The fraction of sp³-hybridized carbons (Fsp3) is 0.600. The standard InChI is InChI=1S/C15H24N2O/c1-17(14-4-2-3-5-14)10-11-18-15-8-6-13(12-16)7-9-15/h6-9,14H,2-5,10-12,16H2,1H3. The van der Waals surface area contributed by atoms with Crippen LogP contribution in [0.5, 0.6) is 5.75 Å². The van der Waals surface area contributed by atoms with Crippen LogP contribution in [-0.4, -0.2) is 31.1 Å². The average Bonchev–Trinajstić information content (AvgIpc) is 2.93. The topological polar surface area (TPSA) is 38.5 Å². The summed E-state index contributed by atoms with van der Waals surface area (Å²) in [5.74, 6) is 0.937. The Kier molecular flexibility index (Phi) is 5.02. The van der Waals surface area contributed by atoms with Crippen molar-refractivity contribution < 1.29 is 4.74 Å². The number of likely N-dealkylation sites (N-methyl/N-ethyl adjacent to an activating group) is 1. The van der Waals surface area contributed by atoms with E-state index in [0.717, 1.165) is 30.5 Å². The first-order valence-electron chi connectivity index (χ1n) is 6.91. The predicted molar refractivity (Wildman–Crippen MR) is 74.7 cm³/mol. The number of benzene rings is 1. The van der Waals surface area contributed by atoms with Gasteiger partial charge in [0.2, 0.25) is 0 Å². The molecule has 0 unspecified atom stereocenters. The first kappa shape index (κ1) is 13.4. The Morgan fingerprint density at radius 2 is 1.89 bits per heavy atom. The molecule has 0 aromatic heterocycles. The average molecular weight is 248 g/mol. The van der Waals surface area contributed by atoms with Crippen LogP contribution in [0.2, 0.25) is 0 Å². The lowest BCUT2D eigenvalue weighted by Gasteiger charge is -2.23. The summed E-state index contributed by atoms with van der Waals surface area (Å²) in [6.45, 7) is 2.35. The largest absolute Gasteiger partial charge is 0.492 e. The van der Waals surface area contributed by atoms with Gasteiger partial charge in [-0.15, -0.1) is 0 Å². The molecule has 0 aliphatic heterocycles. The van der Waals surface area contributed by atoms with Crippen molar-refractivity contribution in [3.05, 3.63) is 29.8 Å². The van der Waals surface area contributed by atoms with Gasteiger partial charge in [0.25, 0.3) is 0 Å². The summed E-state index contributed by atoms with van der Waals surface area (Å²) in [7, 11) is 2.21. The van der Waals surface area contributed by atoms with Crippen molar-refractivity contribution in [1.29, 1.82) is 0 Å². The zero-order valence-corrected chi connectivity index (χ0v) is 11.3. The lowest BCUT2D eigenvalue weighted by molar-refractivity contribution is 0.193. The van der Waals surface area contributed by atoms with Gasteiger partial charge in [-0.25, -0.2) is 0 Å². The van der Waals surface area contributed by atoms with E-state index in [2.05, 4.69) is 11.9 Å². The van der Waals surface area contributed by atoms with Gasteiger partial charge in [0.1, 0.15) is 12.4 Å². The van der Waals surface area contributed by atoms with E-state index < -0.39 is 0 Å². The zero-order chi connectivity index (χ0) is 12.8. The van der Waals surface area contributed by atoms with Gasteiger partial charge >= 0.3 is 0 Å². The highest BCUT2D eigenvalue weighted by atomic mass is 16.5. The summed E-state index contributed by atoms with van der Waals surface area (Å²) in [6, 6.07) is 8.81. The summed E-state index contributed by atoms with van der Waals surface area (Å²) in [5, 5.41) is 0. The molecule has 3 heteroatoms. The van der Waals surface area contributed by atoms with E-state index in [1.54, 1.807) is 0 Å². The second-order valence-electron chi connectivity index (χ2n) is 5.12. The minimum Gasteiger partial charge on any atom is -0.492 e. The highest BCUT2D eigenvalue weighted by Gasteiger charge is 2.18. The second-order valence-corrected chi connectivity index (χ2v) is 5.12. The van der Waals surface area contributed by atoms with Gasteiger partial charge in [0.05, 0.1) is 0 Å². The van der Waals surface area contributed by atoms with E-state index in [9.17, 15) is 0 Å². The molecule has 0 spiro atoms. The van der Waals surface area contributed by atoms with Crippen LogP contribution in [0.3, 0.4) is 0 Å². The van der Waals surface area contributed by atoms with Crippen molar-refractivity contribution in [3.63, 3.8) is 0 Å². The summed E-state index contributed by atoms with van der Waals surface area (Å²) in [6.07, 6.45) is 5.47. The molecule has 3 nitrogen and oxygen atoms in total. The Labute approximate surface area is 110 Å². The smallest absolute Gasteiger partial charge is 0.119 e. The minimum atomic E-state index is 0.588. The quantitative estimate of drug-likeness (QED) is 0.840. The van der Waals surface area contributed by atoms with Gasteiger partial charge in [-0.3, -0.25) is 0 Å². The summed E-state index contributed by atoms with van der Waals surface area (Å²) < 4.78 is 5.75.